The molecule has 0 heterocycles. The first-order valence-corrected chi connectivity index (χ1v) is 1.52. The molecule has 0 saturated carbocycles. The highest BCUT2D eigenvalue weighted by molar-refractivity contribution is 4.69. The Labute approximate surface area is 37.4 Å². The van der Waals surface area contributed by atoms with Crippen molar-refractivity contribution in [2.45, 2.75) is 12.2 Å². The van der Waals surface area contributed by atoms with Gasteiger partial charge in [0.1, 0.15) is 0 Å². The van der Waals surface area contributed by atoms with Gasteiger partial charge in [0.2, 0.25) is 0 Å². The predicted molar refractivity (Wildman–Crippen MR) is 20.6 cm³/mol. The maximum Gasteiger partial charge on any atom is 0.0837 e. The SMILES string of the molecule is [CH]C(O)C([CH])O. The lowest BCUT2D eigenvalue weighted by Gasteiger charge is -2.02. The maximum atomic E-state index is 8.03. The fraction of sp³-hybridized carbons (Fsp3) is 0.500. The molecule has 0 aliphatic carbocycles. The molecule has 4 radical (unpaired) electrons. The maximum absolute atomic E-state index is 8.03. The van der Waals surface area contributed by atoms with E-state index >= 15 is 0 Å². The first-order valence-electron chi connectivity index (χ1n) is 1.52. The zero-order valence-electron chi connectivity index (χ0n) is 3.20. The van der Waals surface area contributed by atoms with E-state index in [9.17, 15) is 0 Å². The molecule has 2 unspecified atom stereocenters. The number of hydrogen-bond acceptors (Lipinski definition) is 2. The van der Waals surface area contributed by atoms with E-state index in [-0.39, 0.29) is 0 Å². The van der Waals surface area contributed by atoms with Gasteiger partial charge in [-0.3, -0.25) is 0 Å². The first-order chi connectivity index (χ1) is 2.64. The molecule has 0 bridgehead atoms. The van der Waals surface area contributed by atoms with Crippen LogP contribution in [0.5, 0.6) is 0 Å². The summed E-state index contributed by atoms with van der Waals surface area (Å²) < 4.78 is 0. The van der Waals surface area contributed by atoms with E-state index in [0.29, 0.717) is 0 Å². The van der Waals surface area contributed by atoms with Gasteiger partial charge in [-0.15, -0.1) is 0 Å². The second kappa shape index (κ2) is 2.16. The van der Waals surface area contributed by atoms with Crippen molar-refractivity contribution in [1.29, 1.82) is 0 Å². The summed E-state index contributed by atoms with van der Waals surface area (Å²) in [4.78, 5) is 0. The lowest BCUT2D eigenvalue weighted by molar-refractivity contribution is 0.0772. The molecule has 0 amide bonds. The minimum atomic E-state index is -1.31. The Morgan fingerprint density at radius 2 is 1.17 bits per heavy atom. The third kappa shape index (κ3) is 2.18. The van der Waals surface area contributed by atoms with E-state index < -0.39 is 12.2 Å². The molecule has 0 aromatic carbocycles. The summed E-state index contributed by atoms with van der Waals surface area (Å²) in [7, 11) is 0. The van der Waals surface area contributed by atoms with Crippen molar-refractivity contribution in [3.8, 4) is 0 Å². The van der Waals surface area contributed by atoms with Gasteiger partial charge in [-0.05, 0) is 13.8 Å². The highest BCUT2D eigenvalue weighted by Crippen LogP contribution is 1.84. The Balaban J connectivity index is 2.99. The Morgan fingerprint density at radius 3 is 1.17 bits per heavy atom. The van der Waals surface area contributed by atoms with Gasteiger partial charge in [-0.2, -0.15) is 0 Å². The first kappa shape index (κ1) is 5.92. The summed E-state index contributed by atoms with van der Waals surface area (Å²) in [5.74, 6) is 0. The zero-order chi connectivity index (χ0) is 5.15. The third-order valence-electron chi connectivity index (χ3n) is 0.350. The van der Waals surface area contributed by atoms with E-state index in [2.05, 4.69) is 13.8 Å². The van der Waals surface area contributed by atoms with Crippen molar-refractivity contribution in [2.75, 3.05) is 0 Å². The Bertz CT molecular complexity index is 26.5. The van der Waals surface area contributed by atoms with Gasteiger partial charge in [0, 0.05) is 0 Å². The van der Waals surface area contributed by atoms with Gasteiger partial charge >= 0.3 is 0 Å². The molecule has 2 atom stereocenters. The smallest absolute Gasteiger partial charge is 0.0837 e. The van der Waals surface area contributed by atoms with Crippen LogP contribution in [0.15, 0.2) is 0 Å². The van der Waals surface area contributed by atoms with Gasteiger partial charge in [0.25, 0.3) is 0 Å². The molecule has 0 fully saturated rings. The van der Waals surface area contributed by atoms with Gasteiger partial charge in [-0.1, -0.05) is 0 Å². The molecule has 0 aliphatic rings. The van der Waals surface area contributed by atoms with Crippen LogP contribution < -0.4 is 0 Å². The van der Waals surface area contributed by atoms with Gasteiger partial charge in [0.05, 0.1) is 12.2 Å². The summed E-state index contributed by atoms with van der Waals surface area (Å²) in [6.07, 6.45) is -2.63. The van der Waals surface area contributed by atoms with Gasteiger partial charge in [-0.25, -0.2) is 0 Å². The van der Waals surface area contributed by atoms with Crippen molar-refractivity contribution >= 4 is 0 Å². The van der Waals surface area contributed by atoms with Crippen molar-refractivity contribution < 1.29 is 10.2 Å². The average Bonchev–Trinajstić information content (AvgIpc) is 1.36. The molecule has 0 aliphatic heterocycles. The predicted octanol–water partition coefficient (Wildman–Crippen LogP) is -0.870. The van der Waals surface area contributed by atoms with Gasteiger partial charge in [0.15, 0.2) is 0 Å². The van der Waals surface area contributed by atoms with E-state index in [1.807, 2.05) is 0 Å². The molecule has 34 valence electrons. The van der Waals surface area contributed by atoms with Crippen LogP contribution in [0.1, 0.15) is 0 Å². The fourth-order valence-corrected chi connectivity index (χ4v) is 0. The Hall–Kier alpha value is -0.0800. The molecule has 0 spiro atoms. The minimum absolute atomic E-state index is 1.31. The van der Waals surface area contributed by atoms with Crippen molar-refractivity contribution in [1.82, 2.24) is 0 Å². The van der Waals surface area contributed by atoms with Crippen LogP contribution in [0.25, 0.3) is 0 Å². The second-order valence-corrected chi connectivity index (χ2v) is 0.981. The standard InChI is InChI=1S/C4H6O2/c1-3(5)4(2)6/h1-6H. The summed E-state index contributed by atoms with van der Waals surface area (Å²) in [5.41, 5.74) is 0. The number of aliphatic hydroxyl groups is 2. The quantitative estimate of drug-likeness (QED) is 0.435. The summed E-state index contributed by atoms with van der Waals surface area (Å²) in [6, 6.07) is 0. The highest BCUT2D eigenvalue weighted by atomic mass is 16.3. The minimum Gasteiger partial charge on any atom is -0.390 e. The van der Waals surface area contributed by atoms with Crippen LogP contribution in [0.2, 0.25) is 0 Å². The fourth-order valence-electron chi connectivity index (χ4n) is 0. The lowest BCUT2D eigenvalue weighted by Crippen LogP contribution is -2.18. The molecule has 2 N–H and O–H groups in total. The third-order valence-corrected chi connectivity index (χ3v) is 0.350. The summed E-state index contributed by atoms with van der Waals surface area (Å²) in [5, 5.41) is 16.1. The molecule has 2 nitrogen and oxygen atoms in total. The lowest BCUT2D eigenvalue weighted by atomic mass is 10.3. The van der Waals surface area contributed by atoms with Crippen LogP contribution in [-0.4, -0.2) is 22.4 Å². The molecule has 0 aromatic rings. The van der Waals surface area contributed by atoms with E-state index in [0.717, 1.165) is 0 Å². The molecule has 0 rings (SSSR count). The largest absolute Gasteiger partial charge is 0.390 e. The van der Waals surface area contributed by atoms with Crippen molar-refractivity contribution in [3.63, 3.8) is 0 Å². The molecular formula is C4H6O2. The average molecular weight is 86.1 g/mol. The normalized spacial score (nSPS) is 20.0. The van der Waals surface area contributed by atoms with Gasteiger partial charge < -0.3 is 10.2 Å². The van der Waals surface area contributed by atoms with E-state index in [1.54, 1.807) is 0 Å². The summed E-state index contributed by atoms with van der Waals surface area (Å²) >= 11 is 0. The Morgan fingerprint density at radius 1 is 1.00 bits per heavy atom. The van der Waals surface area contributed by atoms with Crippen molar-refractivity contribution in [3.05, 3.63) is 13.8 Å². The van der Waals surface area contributed by atoms with Crippen LogP contribution in [0.4, 0.5) is 0 Å². The van der Waals surface area contributed by atoms with Crippen LogP contribution in [0.3, 0.4) is 0 Å². The molecule has 0 aromatic heterocycles. The molecule has 0 saturated heterocycles. The molecule has 6 heavy (non-hydrogen) atoms. The molecule has 2 heteroatoms. The zero-order valence-corrected chi connectivity index (χ0v) is 3.20. The highest BCUT2D eigenvalue weighted by Gasteiger charge is 2.00. The van der Waals surface area contributed by atoms with E-state index in [1.165, 1.54) is 0 Å². The van der Waals surface area contributed by atoms with Crippen LogP contribution >= 0.6 is 0 Å². The van der Waals surface area contributed by atoms with Crippen LogP contribution in [-0.2, 0) is 0 Å². The van der Waals surface area contributed by atoms with Crippen LogP contribution in [0, 0.1) is 13.8 Å². The number of aliphatic hydroxyl groups excluding tert-OH is 2. The summed E-state index contributed by atoms with van der Waals surface area (Å²) in [6.45, 7) is 9.23. The van der Waals surface area contributed by atoms with E-state index in [4.69, 9.17) is 10.2 Å². The number of rotatable bonds is 1. The second-order valence-electron chi connectivity index (χ2n) is 0.981. The number of hydrogen-bond donors (Lipinski definition) is 2. The Kier molecular flexibility index (Phi) is 2.13. The topological polar surface area (TPSA) is 40.5 Å². The molecular weight excluding hydrogens is 80.0 g/mol. The monoisotopic (exact) mass is 86.0 g/mol. The van der Waals surface area contributed by atoms with Crippen molar-refractivity contribution in [2.24, 2.45) is 0 Å².